The van der Waals surface area contributed by atoms with Gasteiger partial charge in [0.2, 0.25) is 0 Å². The van der Waals surface area contributed by atoms with Crippen LogP contribution in [0.15, 0.2) is 30.3 Å². The van der Waals surface area contributed by atoms with Gasteiger partial charge >= 0.3 is 0 Å². The number of hydrogen-bond donors (Lipinski definition) is 0. The van der Waals surface area contributed by atoms with Crippen molar-refractivity contribution in [2.24, 2.45) is 5.92 Å². The first-order valence-electron chi connectivity index (χ1n) is 6.71. The average Bonchev–Trinajstić information content (AvgIpc) is 2.45. The number of rotatable bonds is 5. The van der Waals surface area contributed by atoms with Crippen molar-refractivity contribution < 1.29 is 4.79 Å². The van der Waals surface area contributed by atoms with Gasteiger partial charge in [0.1, 0.15) is 5.82 Å². The van der Waals surface area contributed by atoms with Gasteiger partial charge in [-0.3, -0.25) is 4.79 Å². The van der Waals surface area contributed by atoms with Crippen LogP contribution in [0.3, 0.4) is 0 Å². The summed E-state index contributed by atoms with van der Waals surface area (Å²) in [6.07, 6.45) is 2.01. The number of aldehydes is 1. The number of aromatic nitrogens is 1. The molecule has 0 saturated carbocycles. The second-order valence-corrected chi connectivity index (χ2v) is 5.11. The SMILES string of the molecule is CCC(C)CN(C)c1nc2ccccc2cc1C=O. The molecule has 19 heavy (non-hydrogen) atoms. The maximum atomic E-state index is 11.3. The minimum Gasteiger partial charge on any atom is -0.359 e. The molecule has 0 aliphatic rings. The monoisotopic (exact) mass is 256 g/mol. The standard InChI is InChI=1S/C16H20N2O/c1-4-12(2)10-18(3)16-14(11-19)9-13-7-5-6-8-15(13)17-16/h5-9,11-12H,4,10H2,1-3H3. The summed E-state index contributed by atoms with van der Waals surface area (Å²) >= 11 is 0. The van der Waals surface area contributed by atoms with Crippen molar-refractivity contribution >= 4 is 23.0 Å². The van der Waals surface area contributed by atoms with Crippen LogP contribution in [0.1, 0.15) is 30.6 Å². The zero-order valence-corrected chi connectivity index (χ0v) is 11.8. The molecule has 0 aliphatic heterocycles. The molecule has 0 N–H and O–H groups in total. The highest BCUT2D eigenvalue weighted by atomic mass is 16.1. The molecular weight excluding hydrogens is 236 g/mol. The van der Waals surface area contributed by atoms with Gasteiger partial charge in [-0.15, -0.1) is 0 Å². The fourth-order valence-corrected chi connectivity index (χ4v) is 2.20. The van der Waals surface area contributed by atoms with E-state index in [-0.39, 0.29) is 0 Å². The summed E-state index contributed by atoms with van der Waals surface area (Å²) in [6.45, 7) is 5.29. The number of nitrogens with zero attached hydrogens (tertiary/aromatic N) is 2. The van der Waals surface area contributed by atoms with Crippen molar-refractivity contribution in [1.29, 1.82) is 0 Å². The molecule has 100 valence electrons. The Balaban J connectivity index is 2.43. The second-order valence-electron chi connectivity index (χ2n) is 5.11. The van der Waals surface area contributed by atoms with Gasteiger partial charge in [-0.05, 0) is 18.1 Å². The van der Waals surface area contributed by atoms with E-state index in [0.29, 0.717) is 11.5 Å². The Bertz CT molecular complexity index is 580. The molecule has 1 aromatic heterocycles. The lowest BCUT2D eigenvalue weighted by atomic mass is 10.1. The molecule has 0 saturated heterocycles. The Hall–Kier alpha value is -1.90. The van der Waals surface area contributed by atoms with E-state index >= 15 is 0 Å². The van der Waals surface area contributed by atoms with Crippen LogP contribution in [0.4, 0.5) is 5.82 Å². The van der Waals surface area contributed by atoms with Gasteiger partial charge in [0.15, 0.2) is 6.29 Å². The lowest BCUT2D eigenvalue weighted by Crippen LogP contribution is -2.25. The lowest BCUT2D eigenvalue weighted by Gasteiger charge is -2.23. The molecule has 2 rings (SSSR count). The number of benzene rings is 1. The number of anilines is 1. The fraction of sp³-hybridized carbons (Fsp3) is 0.375. The molecule has 2 aromatic rings. The van der Waals surface area contributed by atoms with E-state index in [4.69, 9.17) is 0 Å². The minimum atomic E-state index is 0.581. The van der Waals surface area contributed by atoms with E-state index in [0.717, 1.165) is 36.0 Å². The lowest BCUT2D eigenvalue weighted by molar-refractivity contribution is 0.112. The van der Waals surface area contributed by atoms with E-state index in [1.54, 1.807) is 0 Å². The van der Waals surface area contributed by atoms with Crippen LogP contribution in [0.2, 0.25) is 0 Å². The summed E-state index contributed by atoms with van der Waals surface area (Å²) in [5.41, 5.74) is 1.59. The molecule has 0 aliphatic carbocycles. The number of pyridine rings is 1. The van der Waals surface area contributed by atoms with Crippen molar-refractivity contribution in [3.8, 4) is 0 Å². The van der Waals surface area contributed by atoms with Crippen molar-refractivity contribution in [2.45, 2.75) is 20.3 Å². The topological polar surface area (TPSA) is 33.2 Å². The van der Waals surface area contributed by atoms with Crippen LogP contribution in [-0.2, 0) is 0 Å². The number of carbonyl (C=O) groups is 1. The van der Waals surface area contributed by atoms with E-state index in [1.807, 2.05) is 37.4 Å². The normalized spacial score (nSPS) is 12.4. The predicted octanol–water partition coefficient (Wildman–Crippen LogP) is 3.53. The van der Waals surface area contributed by atoms with Gasteiger partial charge in [0.25, 0.3) is 0 Å². The van der Waals surface area contributed by atoms with Gasteiger partial charge < -0.3 is 4.90 Å². The van der Waals surface area contributed by atoms with Crippen LogP contribution in [0, 0.1) is 5.92 Å². The molecule has 1 unspecified atom stereocenters. The molecule has 1 aromatic carbocycles. The molecule has 0 spiro atoms. The van der Waals surface area contributed by atoms with Crippen molar-refractivity contribution in [3.63, 3.8) is 0 Å². The molecule has 0 fully saturated rings. The highest BCUT2D eigenvalue weighted by Crippen LogP contribution is 2.22. The van der Waals surface area contributed by atoms with E-state index < -0.39 is 0 Å². The molecule has 3 heteroatoms. The quantitative estimate of drug-likeness (QED) is 0.767. The maximum absolute atomic E-state index is 11.3. The van der Waals surface area contributed by atoms with Crippen LogP contribution >= 0.6 is 0 Å². The maximum Gasteiger partial charge on any atom is 0.153 e. The third kappa shape index (κ3) is 2.92. The summed E-state index contributed by atoms with van der Waals surface area (Å²) in [5.74, 6) is 1.35. The number of hydrogen-bond acceptors (Lipinski definition) is 3. The van der Waals surface area contributed by atoms with Gasteiger partial charge in [-0.25, -0.2) is 4.98 Å². The molecule has 1 heterocycles. The second kappa shape index (κ2) is 5.83. The highest BCUT2D eigenvalue weighted by molar-refractivity contribution is 5.91. The molecular formula is C16H20N2O. The number of para-hydroxylation sites is 1. The molecule has 0 amide bonds. The zero-order chi connectivity index (χ0) is 13.8. The third-order valence-electron chi connectivity index (χ3n) is 3.50. The Morgan fingerprint density at radius 2 is 2.11 bits per heavy atom. The summed E-state index contributed by atoms with van der Waals surface area (Å²) < 4.78 is 0. The van der Waals surface area contributed by atoms with E-state index in [2.05, 4.69) is 23.7 Å². The third-order valence-corrected chi connectivity index (χ3v) is 3.50. The van der Waals surface area contributed by atoms with Crippen LogP contribution in [0.5, 0.6) is 0 Å². The first-order chi connectivity index (χ1) is 9.15. The van der Waals surface area contributed by atoms with E-state index in [9.17, 15) is 4.79 Å². The zero-order valence-electron chi connectivity index (χ0n) is 11.8. The van der Waals surface area contributed by atoms with Gasteiger partial charge in [-0.2, -0.15) is 0 Å². The summed E-state index contributed by atoms with van der Waals surface area (Å²) in [6, 6.07) is 9.80. The first-order valence-corrected chi connectivity index (χ1v) is 6.71. The molecule has 0 bridgehead atoms. The van der Waals surface area contributed by atoms with Crippen molar-refractivity contribution in [1.82, 2.24) is 4.98 Å². The first kappa shape index (κ1) is 13.5. The summed E-state index contributed by atoms with van der Waals surface area (Å²) in [5, 5.41) is 1.00. The Labute approximate surface area is 114 Å². The number of fused-ring (bicyclic) bond motifs is 1. The van der Waals surface area contributed by atoms with Gasteiger partial charge in [0.05, 0.1) is 11.1 Å². The van der Waals surface area contributed by atoms with Crippen LogP contribution < -0.4 is 4.90 Å². The summed E-state index contributed by atoms with van der Waals surface area (Å²) in [7, 11) is 2.00. The van der Waals surface area contributed by atoms with Gasteiger partial charge in [-0.1, -0.05) is 38.5 Å². The smallest absolute Gasteiger partial charge is 0.153 e. The van der Waals surface area contributed by atoms with Crippen molar-refractivity contribution in [3.05, 3.63) is 35.9 Å². The van der Waals surface area contributed by atoms with E-state index in [1.165, 1.54) is 0 Å². The fourth-order valence-electron chi connectivity index (χ4n) is 2.20. The van der Waals surface area contributed by atoms with Crippen LogP contribution in [-0.4, -0.2) is 24.9 Å². The average molecular weight is 256 g/mol. The Kier molecular flexibility index (Phi) is 4.15. The molecule has 0 radical (unpaired) electrons. The highest BCUT2D eigenvalue weighted by Gasteiger charge is 2.12. The molecule has 3 nitrogen and oxygen atoms in total. The number of carbonyl (C=O) groups excluding carboxylic acids is 1. The minimum absolute atomic E-state index is 0.581. The summed E-state index contributed by atoms with van der Waals surface area (Å²) in [4.78, 5) is 18.0. The Morgan fingerprint density at radius 1 is 1.37 bits per heavy atom. The van der Waals surface area contributed by atoms with Crippen LogP contribution in [0.25, 0.3) is 10.9 Å². The Morgan fingerprint density at radius 3 is 2.79 bits per heavy atom. The van der Waals surface area contributed by atoms with Gasteiger partial charge in [0, 0.05) is 19.0 Å². The molecule has 1 atom stereocenters. The largest absolute Gasteiger partial charge is 0.359 e. The van der Waals surface area contributed by atoms with Crippen molar-refractivity contribution in [2.75, 3.05) is 18.5 Å². The predicted molar refractivity (Wildman–Crippen MR) is 79.9 cm³/mol.